The molecule has 0 atom stereocenters. The van der Waals surface area contributed by atoms with Crippen LogP contribution in [-0.2, 0) is 11.8 Å². The number of aromatic nitrogens is 5. The fraction of sp³-hybridized carbons (Fsp3) is 0.261. The third-order valence-electron chi connectivity index (χ3n) is 9.11. The molecule has 0 unspecified atom stereocenters. The minimum atomic E-state index is -0.471. The summed E-state index contributed by atoms with van der Waals surface area (Å²) >= 11 is 0. The zero-order valence-electron chi connectivity index (χ0n) is 25.1. The maximum Gasteiger partial charge on any atom is 0.257 e. The maximum atomic E-state index is 13.4. The van der Waals surface area contributed by atoms with Gasteiger partial charge in [-0.2, -0.15) is 0 Å². The van der Waals surface area contributed by atoms with Crippen molar-refractivity contribution in [1.29, 1.82) is 0 Å². The van der Waals surface area contributed by atoms with E-state index in [9.17, 15) is 4.79 Å². The lowest BCUT2D eigenvalue weighted by molar-refractivity contribution is -0.0256. The van der Waals surface area contributed by atoms with Crippen molar-refractivity contribution in [3.63, 3.8) is 0 Å². The fourth-order valence-electron chi connectivity index (χ4n) is 5.54. The Kier molecular flexibility index (Phi) is 6.60. The number of imidazole rings is 1. The van der Waals surface area contributed by atoms with Crippen molar-refractivity contribution >= 4 is 91.2 Å². The van der Waals surface area contributed by atoms with Gasteiger partial charge < -0.3 is 19.5 Å². The topological polar surface area (TPSA) is 98.1 Å². The van der Waals surface area contributed by atoms with Gasteiger partial charge in [-0.05, 0) is 41.9 Å². The first-order chi connectivity index (χ1) is 18.5. The van der Waals surface area contributed by atoms with Crippen LogP contribution in [0.15, 0.2) is 48.9 Å². The number of hydrogen-bond acceptors (Lipinski definition) is 7. The zero-order valence-corrected chi connectivity index (χ0v) is 25.1. The fourth-order valence-corrected chi connectivity index (χ4v) is 5.54. The number of hydrogen-bond donors (Lipinski definition) is 1. The van der Waals surface area contributed by atoms with E-state index >= 15 is 0 Å². The summed E-state index contributed by atoms with van der Waals surface area (Å²) in [7, 11) is 19.0. The molecule has 194 valence electrons. The second kappa shape index (κ2) is 9.36. The second-order valence-corrected chi connectivity index (χ2v) is 12.6. The van der Waals surface area contributed by atoms with Crippen LogP contribution in [0.3, 0.4) is 0 Å². The molecule has 1 aliphatic rings. The Hall–Kier alpha value is -3.33. The molecule has 1 amide bonds. The molecule has 1 aliphatic heterocycles. The number of ether oxygens (including phenoxy) is 1. The zero-order chi connectivity index (χ0) is 29.3. The molecule has 1 fully saturated rings. The van der Waals surface area contributed by atoms with Crippen molar-refractivity contribution < 1.29 is 9.53 Å². The first-order valence-electron chi connectivity index (χ1n) is 13.6. The molecule has 1 saturated heterocycles. The van der Waals surface area contributed by atoms with Crippen LogP contribution in [0.5, 0.6) is 0 Å². The van der Waals surface area contributed by atoms with Gasteiger partial charge in [0.25, 0.3) is 5.91 Å². The molecule has 5 rings (SSSR count). The number of anilines is 2. The number of fused-ring (bicyclic) bond motifs is 1. The molecule has 0 spiro atoms. The lowest BCUT2D eigenvalue weighted by Crippen LogP contribution is -2.86. The predicted molar refractivity (Wildman–Crippen MR) is 182 cm³/mol. The van der Waals surface area contributed by atoms with Crippen molar-refractivity contribution in [2.75, 3.05) is 10.2 Å². The molecule has 0 bridgehead atoms. The second-order valence-electron chi connectivity index (χ2n) is 12.6. The molecular formula is C23H31B8N7O2. The molecule has 5 heterocycles. The van der Waals surface area contributed by atoms with Gasteiger partial charge in [-0.25, -0.2) is 19.9 Å². The van der Waals surface area contributed by atoms with Crippen molar-refractivity contribution in [2.24, 2.45) is 7.05 Å². The maximum absolute atomic E-state index is 13.4. The summed E-state index contributed by atoms with van der Waals surface area (Å²) < 4.78 is 8.61. The summed E-state index contributed by atoms with van der Waals surface area (Å²) in [6.45, 7) is 1.95. The van der Waals surface area contributed by atoms with E-state index in [1.54, 1.807) is 24.5 Å². The third-order valence-corrected chi connectivity index (χ3v) is 9.11. The van der Waals surface area contributed by atoms with E-state index in [-0.39, 0.29) is 5.91 Å². The van der Waals surface area contributed by atoms with E-state index in [1.165, 1.54) is 0 Å². The highest BCUT2D eigenvalue weighted by Crippen LogP contribution is 2.42. The molecule has 4 aromatic rings. The van der Waals surface area contributed by atoms with Crippen molar-refractivity contribution in [3.8, 4) is 11.4 Å². The summed E-state index contributed by atoms with van der Waals surface area (Å²) in [5.41, 5.74) is 2.96. The van der Waals surface area contributed by atoms with Crippen LogP contribution >= 0.6 is 0 Å². The van der Waals surface area contributed by atoms with Crippen molar-refractivity contribution in [1.82, 2.24) is 24.5 Å². The van der Waals surface area contributed by atoms with Crippen LogP contribution in [-0.4, -0.2) is 115 Å². The van der Waals surface area contributed by atoms with Crippen molar-refractivity contribution in [3.05, 3.63) is 60.3 Å². The number of amides is 1. The van der Waals surface area contributed by atoms with E-state index < -0.39 is 21.5 Å². The Balaban J connectivity index is 1.46. The number of morpholine rings is 1. The lowest BCUT2D eigenvalue weighted by Gasteiger charge is -2.69. The number of nitrogens with zero attached hydrogens (tertiary/aromatic N) is 6. The van der Waals surface area contributed by atoms with Crippen LogP contribution in [0.2, 0.25) is 0 Å². The van der Waals surface area contributed by atoms with Crippen LogP contribution in [0.4, 0.5) is 11.6 Å². The number of pyridine rings is 3. The summed E-state index contributed by atoms with van der Waals surface area (Å²) in [5.74, 6) is 1.79. The van der Waals surface area contributed by atoms with Gasteiger partial charge in [-0.3, -0.25) is 4.79 Å². The highest BCUT2D eigenvalue weighted by atomic mass is 16.5. The average Bonchev–Trinajstić information content (AvgIpc) is 3.20. The molecule has 0 aliphatic carbocycles. The van der Waals surface area contributed by atoms with Gasteiger partial charge in [-0.15, -0.1) is 0 Å². The molecule has 0 aromatic carbocycles. The van der Waals surface area contributed by atoms with Crippen LogP contribution in [0.1, 0.15) is 16.2 Å². The number of carbonyl (C=O) groups is 1. The predicted octanol–water partition coefficient (Wildman–Crippen LogP) is -5.50. The van der Waals surface area contributed by atoms with Gasteiger partial charge in [0, 0.05) is 47.3 Å². The molecule has 4 aromatic heterocycles. The molecule has 0 saturated carbocycles. The van der Waals surface area contributed by atoms with Gasteiger partial charge >= 0.3 is 0 Å². The van der Waals surface area contributed by atoms with Crippen molar-refractivity contribution in [2.45, 2.75) is 28.4 Å². The van der Waals surface area contributed by atoms with Crippen LogP contribution in [0, 0.1) is 6.92 Å². The van der Waals surface area contributed by atoms with E-state index in [4.69, 9.17) is 14.7 Å². The number of aryl methyl sites for hydroxylation is 1. The number of carbonyl (C=O) groups excluding carboxylic acids is 1. The smallest absolute Gasteiger partial charge is 0.257 e. The molecule has 9 nitrogen and oxygen atoms in total. The van der Waals surface area contributed by atoms with E-state index in [2.05, 4.69) is 83.0 Å². The molecule has 17 heteroatoms. The van der Waals surface area contributed by atoms with E-state index in [0.717, 1.165) is 33.9 Å². The SMILES string of the molecule is BC1(B)OC(B)(B)C(B)(B)N(c2cc(C(=O)Nc3cc4nc(-c5cnc(C)n5C)ccc4cn3)ccn2)C1(B)B. The quantitative estimate of drug-likeness (QED) is 0.267. The van der Waals surface area contributed by atoms with E-state index in [1.807, 2.05) is 42.9 Å². The minimum Gasteiger partial charge on any atom is -0.402 e. The third kappa shape index (κ3) is 4.48. The summed E-state index contributed by atoms with van der Waals surface area (Å²) in [6.07, 6.45) is 5.22. The van der Waals surface area contributed by atoms with Gasteiger partial charge in [0.05, 0.1) is 23.1 Å². The molecule has 1 N–H and O–H groups in total. The summed E-state index contributed by atoms with van der Waals surface area (Å²) in [4.78, 5) is 34.1. The molecule has 0 radical (unpaired) electrons. The Morgan fingerprint density at radius 2 is 1.57 bits per heavy atom. The molecular weight excluding hydrogens is 493 g/mol. The van der Waals surface area contributed by atoms with Gasteiger partial charge in [0.1, 0.15) is 80.2 Å². The minimum absolute atomic E-state index is 0.267. The van der Waals surface area contributed by atoms with E-state index in [0.29, 0.717) is 11.4 Å². The lowest BCUT2D eigenvalue weighted by atomic mass is 9.30. The Morgan fingerprint density at radius 3 is 2.20 bits per heavy atom. The van der Waals surface area contributed by atoms with Gasteiger partial charge in [-0.1, -0.05) is 0 Å². The van der Waals surface area contributed by atoms with Gasteiger partial charge in [0.2, 0.25) is 0 Å². The Labute approximate surface area is 242 Å². The molecule has 40 heavy (non-hydrogen) atoms. The van der Waals surface area contributed by atoms with Crippen LogP contribution in [0.25, 0.3) is 22.3 Å². The van der Waals surface area contributed by atoms with Gasteiger partial charge in [0.15, 0.2) is 0 Å². The van der Waals surface area contributed by atoms with Crippen LogP contribution < -0.4 is 10.2 Å². The normalized spacial score (nSPS) is 18.8. The number of nitrogens with one attached hydrogen (secondary N) is 1. The number of rotatable bonds is 4. The Morgan fingerprint density at radius 1 is 0.900 bits per heavy atom. The standard InChI is InChI=1S/C23H31B8N7O2/c1-11-33-10-16(37(11)2)14-4-3-13-9-34-17(8-15(13)35-14)36-19(39)12-5-6-32-18(7-12)38-20(24,25)22(28,29)40-23(30,31)21(38,26)27/h3-10H,24-31H2,1-2H3,(H,34,36,39). The highest BCUT2D eigenvalue weighted by Gasteiger charge is 2.58. The first kappa shape index (κ1) is 28.2. The largest absolute Gasteiger partial charge is 0.402 e. The first-order valence-corrected chi connectivity index (χ1v) is 13.6. The summed E-state index contributed by atoms with van der Waals surface area (Å²) in [6, 6.07) is 9.29. The Bertz CT molecular complexity index is 1620. The summed E-state index contributed by atoms with van der Waals surface area (Å²) in [5, 5.41) is 2.07. The monoisotopic (exact) mass is 525 g/mol. The average molecular weight is 524 g/mol. The highest BCUT2D eigenvalue weighted by molar-refractivity contribution is 6.61.